The molecule has 0 radical (unpaired) electrons. The Kier molecular flexibility index (Phi) is 3.83. The summed E-state index contributed by atoms with van der Waals surface area (Å²) >= 11 is 0. The molecule has 0 saturated carbocycles. The molecule has 0 amide bonds. The predicted molar refractivity (Wildman–Crippen MR) is 78.0 cm³/mol. The Balaban J connectivity index is 2.48. The molecule has 1 nitrogen and oxygen atoms in total. The van der Waals surface area contributed by atoms with Crippen LogP contribution in [0.1, 0.15) is 33.9 Å². The molecule has 0 aliphatic heterocycles. The van der Waals surface area contributed by atoms with Crippen LogP contribution in [0.3, 0.4) is 0 Å². The second-order valence-corrected chi connectivity index (χ2v) is 4.94. The highest BCUT2D eigenvalue weighted by Crippen LogP contribution is 2.27. The van der Waals surface area contributed by atoms with Gasteiger partial charge in [-0.2, -0.15) is 0 Å². The lowest BCUT2D eigenvalue weighted by molar-refractivity contribution is 0.683. The van der Waals surface area contributed by atoms with Gasteiger partial charge in [0.25, 0.3) is 0 Å². The maximum absolute atomic E-state index is 3.44. The lowest BCUT2D eigenvalue weighted by Crippen LogP contribution is -2.19. The van der Waals surface area contributed by atoms with Crippen molar-refractivity contribution in [3.8, 4) is 0 Å². The van der Waals surface area contributed by atoms with E-state index in [1.807, 2.05) is 7.05 Å². The van der Waals surface area contributed by atoms with Gasteiger partial charge in [-0.15, -0.1) is 0 Å². The van der Waals surface area contributed by atoms with E-state index in [1.165, 1.54) is 27.8 Å². The van der Waals surface area contributed by atoms with E-state index >= 15 is 0 Å². The minimum absolute atomic E-state index is 0.270. The summed E-state index contributed by atoms with van der Waals surface area (Å²) in [5, 5.41) is 3.44. The molecule has 1 unspecified atom stereocenters. The topological polar surface area (TPSA) is 12.0 Å². The highest BCUT2D eigenvalue weighted by atomic mass is 14.9. The number of hydrogen-bond donors (Lipinski definition) is 1. The van der Waals surface area contributed by atoms with E-state index in [4.69, 9.17) is 0 Å². The van der Waals surface area contributed by atoms with Crippen molar-refractivity contribution in [2.75, 3.05) is 7.05 Å². The average Bonchev–Trinajstić information content (AvgIpc) is 2.35. The molecule has 2 rings (SSSR count). The van der Waals surface area contributed by atoms with Gasteiger partial charge in [0.1, 0.15) is 0 Å². The van der Waals surface area contributed by atoms with E-state index < -0.39 is 0 Å². The Morgan fingerprint density at radius 2 is 1.39 bits per heavy atom. The van der Waals surface area contributed by atoms with Crippen LogP contribution in [0.2, 0.25) is 0 Å². The summed E-state index contributed by atoms with van der Waals surface area (Å²) in [6, 6.07) is 15.5. The molecule has 0 aliphatic carbocycles. The van der Waals surface area contributed by atoms with Crippen molar-refractivity contribution >= 4 is 0 Å². The molecule has 1 atom stereocenters. The van der Waals surface area contributed by atoms with Crippen LogP contribution in [-0.4, -0.2) is 7.05 Å². The SMILES string of the molecule is CNC(c1ccc(C)cc1)c1c(C)cccc1C. The van der Waals surface area contributed by atoms with Crippen molar-refractivity contribution in [2.24, 2.45) is 0 Å². The fourth-order valence-corrected chi connectivity index (χ4v) is 2.52. The quantitative estimate of drug-likeness (QED) is 0.856. The van der Waals surface area contributed by atoms with Crippen LogP contribution in [0.15, 0.2) is 42.5 Å². The number of benzene rings is 2. The highest BCUT2D eigenvalue weighted by Gasteiger charge is 2.15. The van der Waals surface area contributed by atoms with E-state index in [9.17, 15) is 0 Å². The Hall–Kier alpha value is -1.60. The Labute approximate surface area is 110 Å². The summed E-state index contributed by atoms with van der Waals surface area (Å²) < 4.78 is 0. The Morgan fingerprint density at radius 1 is 0.833 bits per heavy atom. The molecule has 0 bridgehead atoms. The molecule has 0 heterocycles. The van der Waals surface area contributed by atoms with E-state index in [-0.39, 0.29) is 6.04 Å². The monoisotopic (exact) mass is 239 g/mol. The van der Waals surface area contributed by atoms with Crippen LogP contribution >= 0.6 is 0 Å². The third kappa shape index (κ3) is 2.46. The van der Waals surface area contributed by atoms with E-state index in [2.05, 4.69) is 68.6 Å². The zero-order chi connectivity index (χ0) is 13.1. The largest absolute Gasteiger partial charge is 0.309 e. The van der Waals surface area contributed by atoms with Gasteiger partial charge >= 0.3 is 0 Å². The minimum Gasteiger partial charge on any atom is -0.309 e. The van der Waals surface area contributed by atoms with Crippen molar-refractivity contribution in [3.05, 3.63) is 70.3 Å². The van der Waals surface area contributed by atoms with Gasteiger partial charge in [-0.25, -0.2) is 0 Å². The summed E-state index contributed by atoms with van der Waals surface area (Å²) in [7, 11) is 2.02. The van der Waals surface area contributed by atoms with Crippen LogP contribution in [0.25, 0.3) is 0 Å². The molecule has 0 spiro atoms. The summed E-state index contributed by atoms with van der Waals surface area (Å²) in [5.74, 6) is 0. The zero-order valence-corrected chi connectivity index (χ0v) is 11.6. The fraction of sp³-hybridized carbons (Fsp3) is 0.294. The van der Waals surface area contributed by atoms with Gasteiger partial charge < -0.3 is 5.32 Å². The first-order valence-electron chi connectivity index (χ1n) is 6.43. The first-order valence-corrected chi connectivity index (χ1v) is 6.43. The molecule has 2 aromatic carbocycles. The molecular weight excluding hydrogens is 218 g/mol. The third-order valence-corrected chi connectivity index (χ3v) is 3.53. The van der Waals surface area contributed by atoms with Crippen molar-refractivity contribution < 1.29 is 0 Å². The molecule has 0 fully saturated rings. The molecule has 0 aromatic heterocycles. The van der Waals surface area contributed by atoms with Crippen molar-refractivity contribution in [1.82, 2.24) is 5.32 Å². The second kappa shape index (κ2) is 5.36. The molecule has 2 aromatic rings. The molecule has 18 heavy (non-hydrogen) atoms. The van der Waals surface area contributed by atoms with E-state index in [0.29, 0.717) is 0 Å². The van der Waals surface area contributed by atoms with Crippen LogP contribution in [-0.2, 0) is 0 Å². The van der Waals surface area contributed by atoms with Crippen molar-refractivity contribution in [3.63, 3.8) is 0 Å². The van der Waals surface area contributed by atoms with Gasteiger partial charge in [0.2, 0.25) is 0 Å². The average molecular weight is 239 g/mol. The van der Waals surface area contributed by atoms with Gasteiger partial charge in [-0.05, 0) is 50.1 Å². The number of rotatable bonds is 3. The predicted octanol–water partition coefficient (Wildman–Crippen LogP) is 3.92. The van der Waals surface area contributed by atoms with Gasteiger partial charge in [0.15, 0.2) is 0 Å². The zero-order valence-electron chi connectivity index (χ0n) is 11.6. The highest BCUT2D eigenvalue weighted by molar-refractivity contribution is 5.42. The van der Waals surface area contributed by atoms with Gasteiger partial charge in [0.05, 0.1) is 6.04 Å². The molecule has 1 N–H and O–H groups in total. The molecular formula is C17H21N. The first kappa shape index (κ1) is 12.8. The molecule has 94 valence electrons. The second-order valence-electron chi connectivity index (χ2n) is 4.94. The molecule has 0 aliphatic rings. The van der Waals surface area contributed by atoms with Crippen molar-refractivity contribution in [2.45, 2.75) is 26.8 Å². The van der Waals surface area contributed by atoms with Crippen LogP contribution < -0.4 is 5.32 Å². The van der Waals surface area contributed by atoms with Crippen LogP contribution in [0.4, 0.5) is 0 Å². The van der Waals surface area contributed by atoms with E-state index in [0.717, 1.165) is 0 Å². The number of aryl methyl sites for hydroxylation is 3. The summed E-state index contributed by atoms with van der Waals surface area (Å²) in [4.78, 5) is 0. The maximum atomic E-state index is 3.44. The summed E-state index contributed by atoms with van der Waals surface area (Å²) in [6.45, 7) is 6.49. The lowest BCUT2D eigenvalue weighted by Gasteiger charge is -2.21. The Bertz CT molecular complexity index is 506. The maximum Gasteiger partial charge on any atom is 0.0579 e. The van der Waals surface area contributed by atoms with Crippen LogP contribution in [0, 0.1) is 20.8 Å². The third-order valence-electron chi connectivity index (χ3n) is 3.53. The first-order chi connectivity index (χ1) is 8.63. The minimum atomic E-state index is 0.270. The number of nitrogens with one attached hydrogen (secondary N) is 1. The van der Waals surface area contributed by atoms with E-state index in [1.54, 1.807) is 0 Å². The lowest BCUT2D eigenvalue weighted by atomic mass is 9.91. The normalized spacial score (nSPS) is 12.4. The van der Waals surface area contributed by atoms with Gasteiger partial charge in [-0.1, -0.05) is 48.0 Å². The Morgan fingerprint density at radius 3 is 1.89 bits per heavy atom. The van der Waals surface area contributed by atoms with Crippen LogP contribution in [0.5, 0.6) is 0 Å². The smallest absolute Gasteiger partial charge is 0.0579 e. The summed E-state index contributed by atoms with van der Waals surface area (Å²) in [6.07, 6.45) is 0. The molecule has 1 heteroatoms. The number of hydrogen-bond acceptors (Lipinski definition) is 1. The summed E-state index contributed by atoms with van der Waals surface area (Å²) in [5.41, 5.74) is 6.70. The fourth-order valence-electron chi connectivity index (χ4n) is 2.52. The molecule has 0 saturated heterocycles. The standard InChI is InChI=1S/C17H21N/c1-12-8-10-15(11-9-12)17(18-4)16-13(2)6-5-7-14(16)3/h5-11,17-18H,1-4H3. The van der Waals surface area contributed by atoms with Gasteiger partial charge in [0, 0.05) is 0 Å². The van der Waals surface area contributed by atoms with Crippen molar-refractivity contribution in [1.29, 1.82) is 0 Å². The van der Waals surface area contributed by atoms with Gasteiger partial charge in [-0.3, -0.25) is 0 Å².